The Morgan fingerprint density at radius 1 is 0.983 bits per heavy atom. The van der Waals surface area contributed by atoms with Gasteiger partial charge in [-0.25, -0.2) is 14.0 Å². The Hall–Kier alpha value is -5.34. The number of halogens is 1. The topological polar surface area (TPSA) is 221 Å². The molecule has 314 valence electrons. The third kappa shape index (κ3) is 9.60. The van der Waals surface area contributed by atoms with E-state index in [4.69, 9.17) is 14.5 Å². The number of aliphatic imine (C=N–C) groups is 1. The summed E-state index contributed by atoms with van der Waals surface area (Å²) in [6.07, 6.45) is 2.25. The molecule has 1 aliphatic carbocycles. The number of hydrogen-bond donors (Lipinski definition) is 4. The number of para-hydroxylation sites is 1. The molecule has 0 radical (unpaired) electrons. The van der Waals surface area contributed by atoms with Gasteiger partial charge in [0, 0.05) is 80.4 Å². The van der Waals surface area contributed by atoms with Crippen LogP contribution in [0.4, 0.5) is 14.9 Å². The molecule has 7 rings (SSSR count). The van der Waals surface area contributed by atoms with E-state index in [1.54, 1.807) is 33.7 Å². The molecule has 4 aliphatic rings. The molecular formula is C39H43FN6O11S2. The van der Waals surface area contributed by atoms with Crippen LogP contribution < -0.4 is 15.6 Å². The van der Waals surface area contributed by atoms with E-state index in [0.717, 1.165) is 18.9 Å². The molecule has 3 aliphatic heterocycles. The lowest BCUT2D eigenvalue weighted by Gasteiger charge is -2.35. The zero-order valence-corrected chi connectivity index (χ0v) is 33.4. The maximum atomic E-state index is 15.3. The van der Waals surface area contributed by atoms with Gasteiger partial charge in [-0.3, -0.25) is 29.1 Å². The number of carbonyl (C=O) groups is 5. The number of hydrogen-bond acceptors (Lipinski definition) is 14. The smallest absolute Gasteiger partial charge is 0.412 e. The number of nitrogens with one attached hydrogen (secondary N) is 1. The van der Waals surface area contributed by atoms with E-state index in [1.165, 1.54) is 34.6 Å². The van der Waals surface area contributed by atoms with Crippen molar-refractivity contribution >= 4 is 75.1 Å². The monoisotopic (exact) mass is 854 g/mol. The number of benzene rings is 2. The lowest BCUT2D eigenvalue weighted by molar-refractivity contribution is -0.153. The third-order valence-electron chi connectivity index (χ3n) is 10.6. The maximum Gasteiger partial charge on any atom is 0.412 e. The molecule has 2 aromatic carbocycles. The molecule has 2 unspecified atom stereocenters. The number of esters is 1. The number of anilines is 1. The number of pyridine rings is 1. The number of carbonyl (C=O) groups excluding carboxylic acids is 3. The van der Waals surface area contributed by atoms with Crippen LogP contribution in [0.5, 0.6) is 5.75 Å². The Bertz CT molecular complexity index is 2230. The van der Waals surface area contributed by atoms with Crippen molar-refractivity contribution < 1.29 is 53.2 Å². The van der Waals surface area contributed by atoms with Gasteiger partial charge in [-0.1, -0.05) is 12.1 Å². The van der Waals surface area contributed by atoms with Crippen LogP contribution in [-0.4, -0.2) is 140 Å². The van der Waals surface area contributed by atoms with Crippen LogP contribution >= 0.6 is 23.5 Å². The fourth-order valence-electron chi connectivity index (χ4n) is 7.36. The normalized spacial score (nSPS) is 20.7. The Morgan fingerprint density at radius 2 is 1.75 bits per heavy atom. The highest BCUT2D eigenvalue weighted by Gasteiger charge is 2.43. The number of nitrogens with zero attached hydrogens (tertiary/aromatic N) is 5. The Balaban J connectivity index is 0.806. The minimum Gasteiger partial charge on any atom is -0.507 e. The fraction of sp³-hybridized carbons (Fsp3) is 0.462. The lowest BCUT2D eigenvalue weighted by atomic mass is 10.1. The number of ether oxygens (including phenoxy) is 2. The summed E-state index contributed by atoms with van der Waals surface area (Å²) < 4.78 is 27.1. The number of fused-ring (bicyclic) bond motifs is 1. The molecule has 2 amide bonds. The summed E-state index contributed by atoms with van der Waals surface area (Å²) in [6.45, 7) is 0.809. The Kier molecular flexibility index (Phi) is 13.0. The van der Waals surface area contributed by atoms with Gasteiger partial charge in [0.25, 0.3) is 0 Å². The van der Waals surface area contributed by atoms with Crippen molar-refractivity contribution in [2.75, 3.05) is 62.5 Å². The summed E-state index contributed by atoms with van der Waals surface area (Å²) in [6, 6.07) is 8.73. The molecule has 4 heterocycles. The summed E-state index contributed by atoms with van der Waals surface area (Å²) in [7, 11) is 0. The van der Waals surface area contributed by atoms with Gasteiger partial charge in [0.05, 0.1) is 29.0 Å². The first kappa shape index (κ1) is 41.8. The van der Waals surface area contributed by atoms with E-state index in [2.05, 4.69) is 5.32 Å². The number of aliphatic carboxylic acids is 1. The van der Waals surface area contributed by atoms with Crippen molar-refractivity contribution in [3.63, 3.8) is 0 Å². The molecule has 2 saturated heterocycles. The predicted octanol–water partition coefficient (Wildman–Crippen LogP) is 3.32. The third-order valence-corrected chi connectivity index (χ3v) is 13.1. The van der Waals surface area contributed by atoms with Gasteiger partial charge in [-0.15, -0.1) is 23.5 Å². The molecule has 17 nitrogen and oxygen atoms in total. The minimum absolute atomic E-state index is 0.00862. The number of rotatable bonds is 15. The summed E-state index contributed by atoms with van der Waals surface area (Å²) >= 11 is 3.06. The summed E-state index contributed by atoms with van der Waals surface area (Å²) in [5, 5.41) is 32.9. The first-order chi connectivity index (χ1) is 28.4. The molecule has 20 heteroatoms. The molecular weight excluding hydrogens is 812 g/mol. The Morgan fingerprint density at radius 3 is 2.46 bits per heavy atom. The molecule has 0 spiro atoms. The highest BCUT2D eigenvalue weighted by atomic mass is 32.2. The summed E-state index contributed by atoms with van der Waals surface area (Å²) in [4.78, 5) is 83.7. The minimum atomic E-state index is -1.37. The van der Waals surface area contributed by atoms with Gasteiger partial charge in [0.2, 0.25) is 18.1 Å². The lowest BCUT2D eigenvalue weighted by Crippen LogP contribution is -2.49. The number of piperazine rings is 1. The van der Waals surface area contributed by atoms with Crippen LogP contribution in [0.25, 0.3) is 10.9 Å². The first-order valence-electron chi connectivity index (χ1n) is 19.2. The van der Waals surface area contributed by atoms with Crippen molar-refractivity contribution in [2.45, 2.75) is 55.6 Å². The number of carboxylic acids is 2. The summed E-state index contributed by atoms with van der Waals surface area (Å²) in [5.41, 5.74) is 0.148. The molecule has 3 atom stereocenters. The van der Waals surface area contributed by atoms with Crippen molar-refractivity contribution in [2.24, 2.45) is 4.99 Å². The van der Waals surface area contributed by atoms with Crippen LogP contribution in [0.15, 0.2) is 52.4 Å². The number of aromatic hydroxyl groups is 1. The van der Waals surface area contributed by atoms with Crippen LogP contribution in [0.1, 0.15) is 54.1 Å². The van der Waals surface area contributed by atoms with E-state index in [0.29, 0.717) is 40.6 Å². The van der Waals surface area contributed by atoms with Gasteiger partial charge in [0.1, 0.15) is 28.2 Å². The van der Waals surface area contributed by atoms with E-state index >= 15 is 4.39 Å². The zero-order valence-electron chi connectivity index (χ0n) is 31.8. The largest absolute Gasteiger partial charge is 0.507 e. The van der Waals surface area contributed by atoms with Gasteiger partial charge in [-0.2, -0.15) is 0 Å². The average Bonchev–Trinajstić information content (AvgIpc) is 3.79. The molecule has 3 aromatic rings. The van der Waals surface area contributed by atoms with E-state index in [-0.39, 0.29) is 79.8 Å². The molecule has 0 bridgehead atoms. The number of thioether (sulfide) groups is 2. The number of carboxylic acid groups (broad SMARTS) is 2. The summed E-state index contributed by atoms with van der Waals surface area (Å²) in [5.74, 6) is -2.93. The van der Waals surface area contributed by atoms with Crippen molar-refractivity contribution in [1.29, 1.82) is 0 Å². The number of aromatic nitrogens is 1. The maximum absolute atomic E-state index is 15.3. The molecule has 1 aromatic heterocycles. The van der Waals surface area contributed by atoms with Crippen LogP contribution in [-0.2, 0) is 23.9 Å². The van der Waals surface area contributed by atoms with Crippen LogP contribution in [0.2, 0.25) is 0 Å². The van der Waals surface area contributed by atoms with Gasteiger partial charge >= 0.3 is 24.0 Å². The first-order valence-corrected chi connectivity index (χ1v) is 21.2. The molecule has 4 N–H and O–H groups in total. The fourth-order valence-corrected chi connectivity index (χ4v) is 10.1. The van der Waals surface area contributed by atoms with Crippen molar-refractivity contribution in [1.82, 2.24) is 19.7 Å². The Labute approximate surface area is 345 Å². The molecule has 59 heavy (non-hydrogen) atoms. The van der Waals surface area contributed by atoms with Crippen LogP contribution in [0, 0.1) is 5.82 Å². The predicted molar refractivity (Wildman–Crippen MR) is 217 cm³/mol. The number of phenols is 1. The average molecular weight is 855 g/mol. The number of aromatic carboxylic acids is 1. The van der Waals surface area contributed by atoms with E-state index in [9.17, 15) is 44.1 Å². The van der Waals surface area contributed by atoms with Crippen molar-refractivity contribution in [3.8, 4) is 5.75 Å². The second-order valence-electron chi connectivity index (χ2n) is 14.5. The van der Waals surface area contributed by atoms with E-state index < -0.39 is 59.6 Å². The molecule has 3 fully saturated rings. The number of phenolic OH excluding ortho intramolecular Hbond substituents is 1. The zero-order chi connectivity index (χ0) is 41.8. The van der Waals surface area contributed by atoms with Gasteiger partial charge in [0.15, 0.2) is 0 Å². The van der Waals surface area contributed by atoms with E-state index in [1.807, 2.05) is 11.0 Å². The highest BCUT2D eigenvalue weighted by Crippen LogP contribution is 2.40. The second-order valence-corrected chi connectivity index (χ2v) is 16.7. The number of amides is 2. The highest BCUT2D eigenvalue weighted by molar-refractivity contribution is 8.14. The van der Waals surface area contributed by atoms with Crippen molar-refractivity contribution in [3.05, 3.63) is 69.8 Å². The van der Waals surface area contributed by atoms with Crippen LogP contribution in [0.3, 0.4) is 0 Å². The SMILES string of the molecule is O=C(CCC(=O)OCOC(=O)N1CCN(c2cc3c(cc2F)c(=O)c(C(=O)O)cn3C2CC2)CC1)NCCCN1C(C2CSC(c3ccccc3O)=N2)SC[C@H]1C(=O)O. The quantitative estimate of drug-likeness (QED) is 0.0979. The van der Waals surface area contributed by atoms with Gasteiger partial charge < -0.3 is 44.5 Å². The standard InChI is InChI=1S/C39H43FN6O11S2/c40-26-16-24-28(46(22-6-7-22)18-25(34(24)50)37(51)52)17-29(26)43-12-14-44(15-13-43)39(55)57-21-56-33(49)9-8-32(48)41-10-3-11-45-30(38(53)54)20-59-36(45)27-19-58-35(42-27)23-4-1-2-5-31(23)47/h1-2,4-5,16-18,22,27,30,36,47H,3,6-15,19-21H2,(H,41,48)(H,51,52)(H,53,54)/t27?,30-,36?/m0/s1. The van der Waals surface area contributed by atoms with Gasteiger partial charge in [-0.05, 0) is 43.5 Å². The second kappa shape index (κ2) is 18.3. The molecule has 1 saturated carbocycles.